The SMILES string of the molecule is C[C@@H]1COC2CC1Nc1ccc(CNC(=O)OC(C)(C)C)cc12.[HH].[HH]. The van der Waals surface area contributed by atoms with Crippen molar-refractivity contribution in [1.82, 2.24) is 5.32 Å². The third kappa shape index (κ3) is 3.78. The molecule has 2 unspecified atom stereocenters. The number of anilines is 1. The van der Waals surface area contributed by atoms with Crippen molar-refractivity contribution in [3.8, 4) is 0 Å². The molecule has 1 saturated heterocycles. The summed E-state index contributed by atoms with van der Waals surface area (Å²) in [5.74, 6) is 0.535. The molecule has 1 aromatic carbocycles. The van der Waals surface area contributed by atoms with Gasteiger partial charge < -0.3 is 20.1 Å². The van der Waals surface area contributed by atoms with Crippen molar-refractivity contribution in [2.24, 2.45) is 5.92 Å². The molecule has 5 heteroatoms. The maximum atomic E-state index is 11.8. The number of alkyl carbamates (subject to hydrolysis) is 1. The molecular weight excluding hydrogens is 292 g/mol. The highest BCUT2D eigenvalue weighted by Gasteiger charge is 2.34. The van der Waals surface area contributed by atoms with Crippen LogP contribution in [0.5, 0.6) is 0 Å². The summed E-state index contributed by atoms with van der Waals surface area (Å²) in [5.41, 5.74) is 2.92. The molecule has 0 spiro atoms. The van der Waals surface area contributed by atoms with Crippen LogP contribution >= 0.6 is 0 Å². The van der Waals surface area contributed by atoms with E-state index in [1.165, 1.54) is 5.56 Å². The van der Waals surface area contributed by atoms with Crippen molar-refractivity contribution in [2.45, 2.75) is 58.4 Å². The van der Waals surface area contributed by atoms with E-state index in [9.17, 15) is 4.79 Å². The predicted molar refractivity (Wildman–Crippen MR) is 93.6 cm³/mol. The summed E-state index contributed by atoms with van der Waals surface area (Å²) >= 11 is 0. The molecule has 2 heterocycles. The molecule has 3 rings (SSSR count). The largest absolute Gasteiger partial charge is 0.444 e. The molecule has 0 radical (unpaired) electrons. The lowest BCUT2D eigenvalue weighted by molar-refractivity contribution is -0.0227. The number of nitrogens with one attached hydrogen (secondary N) is 2. The lowest BCUT2D eigenvalue weighted by atomic mass is 9.85. The van der Waals surface area contributed by atoms with Gasteiger partial charge in [0.05, 0.1) is 12.7 Å². The zero-order valence-corrected chi connectivity index (χ0v) is 14.3. The quantitative estimate of drug-likeness (QED) is 0.861. The molecule has 1 aromatic rings. The fourth-order valence-electron chi connectivity index (χ4n) is 3.14. The first-order valence-electron chi connectivity index (χ1n) is 8.29. The van der Waals surface area contributed by atoms with Gasteiger partial charge in [-0.05, 0) is 50.8 Å². The number of carbonyl (C=O) groups is 1. The Hall–Kier alpha value is -1.75. The highest BCUT2D eigenvalue weighted by Crippen LogP contribution is 2.41. The standard InChI is InChI=1S/C18H26N2O3.2H2/c1-11-10-22-16-8-15(11)20-14-6-5-12(7-13(14)16)9-19-17(21)23-18(2,3)4;;/h5-7,11,15-16,20H,8-10H2,1-4H3,(H,19,21);2*1H/t11-,15?,16?;;/m1../s1. The number of rotatable bonds is 2. The number of hydrogen-bond donors (Lipinski definition) is 2. The number of benzene rings is 1. The third-order valence-corrected chi connectivity index (χ3v) is 4.35. The van der Waals surface area contributed by atoms with Crippen molar-refractivity contribution in [3.05, 3.63) is 29.3 Å². The fraction of sp³-hybridized carbons (Fsp3) is 0.611. The zero-order chi connectivity index (χ0) is 16.6. The molecule has 1 fully saturated rings. The summed E-state index contributed by atoms with van der Waals surface area (Å²) in [4.78, 5) is 11.8. The first-order chi connectivity index (χ1) is 10.8. The van der Waals surface area contributed by atoms with Gasteiger partial charge in [-0.1, -0.05) is 13.0 Å². The van der Waals surface area contributed by atoms with Crippen molar-refractivity contribution in [1.29, 1.82) is 0 Å². The van der Waals surface area contributed by atoms with Crippen molar-refractivity contribution in [3.63, 3.8) is 0 Å². The minimum absolute atomic E-state index is 0. The molecule has 23 heavy (non-hydrogen) atoms. The zero-order valence-electron chi connectivity index (χ0n) is 14.3. The molecule has 3 atom stereocenters. The van der Waals surface area contributed by atoms with Crippen LogP contribution in [0.1, 0.15) is 54.2 Å². The van der Waals surface area contributed by atoms with Crippen LogP contribution in [0, 0.1) is 5.92 Å². The van der Waals surface area contributed by atoms with Crippen LogP contribution < -0.4 is 10.6 Å². The van der Waals surface area contributed by atoms with Gasteiger partial charge in [0.15, 0.2) is 0 Å². The molecule has 0 saturated carbocycles. The van der Waals surface area contributed by atoms with E-state index in [0.717, 1.165) is 24.3 Å². The van der Waals surface area contributed by atoms with Crippen molar-refractivity contribution < 1.29 is 17.1 Å². The number of amides is 1. The monoisotopic (exact) mass is 322 g/mol. The third-order valence-electron chi connectivity index (χ3n) is 4.35. The molecule has 0 aromatic heterocycles. The van der Waals surface area contributed by atoms with Gasteiger partial charge in [-0.15, -0.1) is 0 Å². The number of ether oxygens (including phenoxy) is 2. The summed E-state index contributed by atoms with van der Waals surface area (Å²) in [7, 11) is 0. The van der Waals surface area contributed by atoms with E-state index in [-0.39, 0.29) is 8.96 Å². The first kappa shape index (κ1) is 16.1. The molecule has 1 amide bonds. The Kier molecular flexibility index (Phi) is 4.23. The average molecular weight is 322 g/mol. The highest BCUT2D eigenvalue weighted by atomic mass is 16.6. The Morgan fingerprint density at radius 2 is 2.26 bits per heavy atom. The molecule has 130 valence electrons. The molecule has 2 aliphatic heterocycles. The van der Waals surface area contributed by atoms with E-state index in [0.29, 0.717) is 18.5 Å². The molecule has 0 aliphatic carbocycles. The normalized spacial score (nSPS) is 26.0. The molecule has 5 nitrogen and oxygen atoms in total. The summed E-state index contributed by atoms with van der Waals surface area (Å²) < 4.78 is 11.2. The Balaban J connectivity index is 0.00000156. The molecule has 2 bridgehead atoms. The molecular formula is C18H30N2O3. The van der Waals surface area contributed by atoms with Crippen LogP contribution in [0.3, 0.4) is 0 Å². The van der Waals surface area contributed by atoms with Crippen molar-refractivity contribution in [2.75, 3.05) is 11.9 Å². The summed E-state index contributed by atoms with van der Waals surface area (Å²) in [6.07, 6.45) is 0.780. The van der Waals surface area contributed by atoms with Gasteiger partial charge >= 0.3 is 6.09 Å². The summed E-state index contributed by atoms with van der Waals surface area (Å²) in [6.45, 7) is 9.04. The number of hydrogen-bond acceptors (Lipinski definition) is 4. The fourth-order valence-corrected chi connectivity index (χ4v) is 3.14. The summed E-state index contributed by atoms with van der Waals surface area (Å²) in [5, 5.41) is 6.41. The second-order valence-corrected chi connectivity index (χ2v) is 7.56. The van der Waals surface area contributed by atoms with Gasteiger partial charge in [-0.2, -0.15) is 0 Å². The van der Waals surface area contributed by atoms with Crippen molar-refractivity contribution >= 4 is 11.8 Å². The van der Waals surface area contributed by atoms with E-state index in [1.54, 1.807) is 0 Å². The van der Waals surface area contributed by atoms with Crippen LogP contribution in [-0.2, 0) is 16.0 Å². The van der Waals surface area contributed by atoms with Gasteiger partial charge in [-0.3, -0.25) is 0 Å². The van der Waals surface area contributed by atoms with Gasteiger partial charge in [-0.25, -0.2) is 4.79 Å². The number of fused-ring (bicyclic) bond motifs is 4. The second kappa shape index (κ2) is 6.04. The Bertz CT molecular complexity index is 604. The predicted octanol–water partition coefficient (Wildman–Crippen LogP) is 4.09. The maximum Gasteiger partial charge on any atom is 0.407 e. The van der Waals surface area contributed by atoms with Crippen LogP contribution in [0.4, 0.5) is 10.5 Å². The van der Waals surface area contributed by atoms with Crippen LogP contribution in [-0.4, -0.2) is 24.3 Å². The minimum Gasteiger partial charge on any atom is -0.444 e. The lowest BCUT2D eigenvalue weighted by Gasteiger charge is -2.41. The molecule has 2 aliphatic rings. The van der Waals surface area contributed by atoms with Gasteiger partial charge in [0.2, 0.25) is 0 Å². The van der Waals surface area contributed by atoms with Crippen LogP contribution in [0.2, 0.25) is 0 Å². The van der Waals surface area contributed by atoms with Gasteiger partial charge in [0, 0.05) is 26.7 Å². The van der Waals surface area contributed by atoms with E-state index in [1.807, 2.05) is 26.8 Å². The highest BCUT2D eigenvalue weighted by molar-refractivity contribution is 5.67. The summed E-state index contributed by atoms with van der Waals surface area (Å²) in [6, 6.07) is 6.74. The second-order valence-electron chi connectivity index (χ2n) is 7.56. The Morgan fingerprint density at radius 3 is 3.00 bits per heavy atom. The van der Waals surface area contributed by atoms with Gasteiger partial charge in [0.25, 0.3) is 0 Å². The van der Waals surface area contributed by atoms with E-state index in [2.05, 4.69) is 29.7 Å². The van der Waals surface area contributed by atoms with Crippen LogP contribution in [0.25, 0.3) is 0 Å². The minimum atomic E-state index is -0.481. The van der Waals surface area contributed by atoms with Crippen LogP contribution in [0.15, 0.2) is 18.2 Å². The van der Waals surface area contributed by atoms with Gasteiger partial charge in [0.1, 0.15) is 5.60 Å². The first-order valence-corrected chi connectivity index (χ1v) is 8.29. The topological polar surface area (TPSA) is 59.6 Å². The van der Waals surface area contributed by atoms with E-state index >= 15 is 0 Å². The average Bonchev–Trinajstić information content (AvgIpc) is 2.47. The Labute approximate surface area is 140 Å². The van der Waals surface area contributed by atoms with E-state index < -0.39 is 11.7 Å². The molecule has 2 N–H and O–H groups in total. The lowest BCUT2D eigenvalue weighted by Crippen LogP contribution is -2.41. The maximum absolute atomic E-state index is 11.8. The van der Waals surface area contributed by atoms with E-state index in [4.69, 9.17) is 9.47 Å². The number of carbonyl (C=O) groups excluding carboxylic acids is 1. The Morgan fingerprint density at radius 1 is 1.48 bits per heavy atom. The smallest absolute Gasteiger partial charge is 0.407 e.